The summed E-state index contributed by atoms with van der Waals surface area (Å²) in [5.74, 6) is -0.941. The van der Waals surface area contributed by atoms with Crippen molar-refractivity contribution >= 4 is 11.7 Å². The second-order valence-corrected chi connectivity index (χ2v) is 3.62. The highest BCUT2D eigenvalue weighted by molar-refractivity contribution is 5.77. The minimum atomic E-state index is -0.941. The molecule has 2 N–H and O–H groups in total. The zero-order chi connectivity index (χ0) is 12.7. The predicted molar refractivity (Wildman–Crippen MR) is 64.1 cm³/mol. The molecule has 1 aromatic carbocycles. The summed E-state index contributed by atoms with van der Waals surface area (Å²) >= 11 is 0. The van der Waals surface area contributed by atoms with Gasteiger partial charge in [0.05, 0.1) is 13.2 Å². The molecule has 0 fully saturated rings. The Labute approximate surface area is 100 Å². The molecule has 0 spiro atoms. The van der Waals surface area contributed by atoms with Gasteiger partial charge in [-0.3, -0.25) is 0 Å². The number of carbonyl (C=O) groups is 1. The van der Waals surface area contributed by atoms with Crippen LogP contribution in [0.5, 0.6) is 0 Å². The number of ether oxygens (including phenoxy) is 2. The van der Waals surface area contributed by atoms with Crippen LogP contribution in [-0.4, -0.2) is 37.9 Å². The molecule has 0 radical (unpaired) electrons. The molecule has 0 saturated carbocycles. The lowest BCUT2D eigenvalue weighted by Gasteiger charge is -2.15. The second kappa shape index (κ2) is 6.88. The van der Waals surface area contributed by atoms with Crippen LogP contribution in [0.1, 0.15) is 5.56 Å². The maximum atomic E-state index is 10.9. The van der Waals surface area contributed by atoms with E-state index >= 15 is 0 Å². The third kappa shape index (κ3) is 4.42. The molecule has 0 heterocycles. The number of aliphatic carboxylic acids is 1. The van der Waals surface area contributed by atoms with Gasteiger partial charge in [-0.2, -0.15) is 0 Å². The second-order valence-electron chi connectivity index (χ2n) is 3.62. The van der Waals surface area contributed by atoms with Gasteiger partial charge in [0.1, 0.15) is 6.04 Å². The van der Waals surface area contributed by atoms with Crippen LogP contribution in [0.4, 0.5) is 5.69 Å². The fourth-order valence-corrected chi connectivity index (χ4v) is 1.46. The van der Waals surface area contributed by atoms with Crippen LogP contribution in [0, 0.1) is 0 Å². The molecule has 1 unspecified atom stereocenters. The summed E-state index contributed by atoms with van der Waals surface area (Å²) in [6, 6.07) is 6.68. The number of hydrogen-bond donors (Lipinski definition) is 2. The van der Waals surface area contributed by atoms with Crippen molar-refractivity contribution in [2.75, 3.05) is 26.1 Å². The Balaban J connectivity index is 2.71. The van der Waals surface area contributed by atoms with E-state index < -0.39 is 12.0 Å². The fourth-order valence-electron chi connectivity index (χ4n) is 1.46. The summed E-state index contributed by atoms with van der Waals surface area (Å²) < 4.78 is 9.86. The number of methoxy groups -OCH3 is 2. The van der Waals surface area contributed by atoms with Gasteiger partial charge < -0.3 is 19.9 Å². The van der Waals surface area contributed by atoms with Gasteiger partial charge in [-0.25, -0.2) is 4.79 Å². The van der Waals surface area contributed by atoms with E-state index in [9.17, 15) is 4.79 Å². The summed E-state index contributed by atoms with van der Waals surface area (Å²) in [6.07, 6.45) is 0. The van der Waals surface area contributed by atoms with E-state index in [0.29, 0.717) is 6.61 Å². The number of hydrogen-bond acceptors (Lipinski definition) is 4. The van der Waals surface area contributed by atoms with Gasteiger partial charge >= 0.3 is 5.97 Å². The van der Waals surface area contributed by atoms with Crippen molar-refractivity contribution in [2.45, 2.75) is 12.6 Å². The number of carboxylic acids is 1. The summed E-state index contributed by atoms with van der Waals surface area (Å²) in [4.78, 5) is 10.9. The van der Waals surface area contributed by atoms with Crippen LogP contribution in [0.25, 0.3) is 0 Å². The first-order valence-corrected chi connectivity index (χ1v) is 5.23. The third-order valence-corrected chi connectivity index (χ3v) is 2.21. The van der Waals surface area contributed by atoms with Crippen molar-refractivity contribution in [1.29, 1.82) is 0 Å². The smallest absolute Gasteiger partial charge is 0.328 e. The summed E-state index contributed by atoms with van der Waals surface area (Å²) in [5.41, 5.74) is 1.73. The lowest BCUT2D eigenvalue weighted by molar-refractivity contribution is -0.139. The Bertz CT molecular complexity index is 367. The molecular formula is C12H17NO4. The predicted octanol–water partition coefficient (Wildman–Crippen LogP) is 1.34. The van der Waals surface area contributed by atoms with Crippen molar-refractivity contribution in [1.82, 2.24) is 0 Å². The number of benzene rings is 1. The molecule has 94 valence electrons. The molecule has 0 aliphatic heterocycles. The van der Waals surface area contributed by atoms with Crippen LogP contribution in [0.15, 0.2) is 24.3 Å². The van der Waals surface area contributed by atoms with E-state index in [1.165, 1.54) is 7.11 Å². The van der Waals surface area contributed by atoms with Gasteiger partial charge in [0.15, 0.2) is 0 Å². The van der Waals surface area contributed by atoms with Crippen LogP contribution in [0.3, 0.4) is 0 Å². The molecule has 1 atom stereocenters. The first-order chi connectivity index (χ1) is 8.17. The Morgan fingerprint density at radius 2 is 2.18 bits per heavy atom. The number of nitrogens with one attached hydrogen (secondary N) is 1. The van der Waals surface area contributed by atoms with Crippen LogP contribution < -0.4 is 5.32 Å². The van der Waals surface area contributed by atoms with E-state index in [0.717, 1.165) is 11.3 Å². The molecule has 0 saturated heterocycles. The highest BCUT2D eigenvalue weighted by Gasteiger charge is 2.16. The average Bonchev–Trinajstić information content (AvgIpc) is 2.29. The minimum Gasteiger partial charge on any atom is -0.480 e. The molecule has 0 amide bonds. The van der Waals surface area contributed by atoms with Gasteiger partial charge in [-0.15, -0.1) is 0 Å². The maximum absolute atomic E-state index is 10.9. The van der Waals surface area contributed by atoms with Crippen molar-refractivity contribution < 1.29 is 19.4 Å². The molecular weight excluding hydrogens is 222 g/mol. The first-order valence-electron chi connectivity index (χ1n) is 5.23. The standard InChI is InChI=1S/C12H17NO4/c1-16-7-9-4-3-5-10(6-9)13-11(8-17-2)12(14)15/h3-6,11,13H,7-8H2,1-2H3,(H,14,15). The zero-order valence-corrected chi connectivity index (χ0v) is 9.97. The van der Waals surface area contributed by atoms with Crippen molar-refractivity contribution in [2.24, 2.45) is 0 Å². The summed E-state index contributed by atoms with van der Waals surface area (Å²) in [6.45, 7) is 0.612. The number of anilines is 1. The molecule has 0 aliphatic rings. The molecule has 17 heavy (non-hydrogen) atoms. The molecule has 0 aromatic heterocycles. The van der Waals surface area contributed by atoms with E-state index in [4.69, 9.17) is 14.6 Å². The molecule has 5 nitrogen and oxygen atoms in total. The molecule has 1 rings (SSSR count). The molecule has 1 aromatic rings. The Morgan fingerprint density at radius 3 is 2.76 bits per heavy atom. The largest absolute Gasteiger partial charge is 0.480 e. The third-order valence-electron chi connectivity index (χ3n) is 2.21. The average molecular weight is 239 g/mol. The van der Waals surface area contributed by atoms with Crippen LogP contribution in [-0.2, 0) is 20.9 Å². The lowest BCUT2D eigenvalue weighted by Crippen LogP contribution is -2.33. The quantitative estimate of drug-likeness (QED) is 0.751. The minimum absolute atomic E-state index is 0.115. The monoisotopic (exact) mass is 239 g/mol. The summed E-state index contributed by atoms with van der Waals surface area (Å²) in [5, 5.41) is 11.9. The van der Waals surface area contributed by atoms with Gasteiger partial charge in [0, 0.05) is 19.9 Å². The first kappa shape index (κ1) is 13.5. The lowest BCUT2D eigenvalue weighted by atomic mass is 10.2. The molecule has 5 heteroatoms. The topological polar surface area (TPSA) is 67.8 Å². The Hall–Kier alpha value is -1.59. The molecule has 0 bridgehead atoms. The fraction of sp³-hybridized carbons (Fsp3) is 0.417. The van der Waals surface area contributed by atoms with E-state index in [1.54, 1.807) is 7.11 Å². The van der Waals surface area contributed by atoms with Crippen LogP contribution >= 0.6 is 0 Å². The summed E-state index contributed by atoms with van der Waals surface area (Å²) in [7, 11) is 3.09. The highest BCUT2D eigenvalue weighted by atomic mass is 16.5. The van der Waals surface area contributed by atoms with Gasteiger partial charge in [0.25, 0.3) is 0 Å². The number of carboxylic acid groups (broad SMARTS) is 1. The normalized spacial score (nSPS) is 12.1. The highest BCUT2D eigenvalue weighted by Crippen LogP contribution is 2.12. The number of rotatable bonds is 7. The Kier molecular flexibility index (Phi) is 5.45. The van der Waals surface area contributed by atoms with Gasteiger partial charge in [-0.1, -0.05) is 12.1 Å². The zero-order valence-electron chi connectivity index (χ0n) is 9.97. The SMILES string of the molecule is COCc1cccc(NC(COC)C(=O)O)c1. The molecule has 0 aliphatic carbocycles. The van der Waals surface area contributed by atoms with Crippen molar-refractivity contribution in [3.63, 3.8) is 0 Å². The van der Waals surface area contributed by atoms with E-state index in [2.05, 4.69) is 5.32 Å². The van der Waals surface area contributed by atoms with E-state index in [1.807, 2.05) is 24.3 Å². The van der Waals surface area contributed by atoms with Gasteiger partial charge in [-0.05, 0) is 17.7 Å². The Morgan fingerprint density at radius 1 is 1.41 bits per heavy atom. The van der Waals surface area contributed by atoms with Crippen molar-refractivity contribution in [3.8, 4) is 0 Å². The van der Waals surface area contributed by atoms with E-state index in [-0.39, 0.29) is 6.61 Å². The van der Waals surface area contributed by atoms with Crippen molar-refractivity contribution in [3.05, 3.63) is 29.8 Å². The maximum Gasteiger partial charge on any atom is 0.328 e. The van der Waals surface area contributed by atoms with Crippen LogP contribution in [0.2, 0.25) is 0 Å². The van der Waals surface area contributed by atoms with Gasteiger partial charge in [0.2, 0.25) is 0 Å².